The van der Waals surface area contributed by atoms with E-state index in [1.165, 1.54) is 18.9 Å². The Balaban J connectivity index is 2.02. The second-order valence-electron chi connectivity index (χ2n) is 7.01. The van der Waals surface area contributed by atoms with Gasteiger partial charge in [-0.15, -0.1) is 0 Å². The quantitative estimate of drug-likeness (QED) is 0.907. The summed E-state index contributed by atoms with van der Waals surface area (Å²) >= 11 is 0. The van der Waals surface area contributed by atoms with Crippen molar-refractivity contribution in [2.75, 3.05) is 6.61 Å². The highest BCUT2D eigenvalue weighted by atomic mass is 16.5. The van der Waals surface area contributed by atoms with Gasteiger partial charge in [0.15, 0.2) is 0 Å². The Labute approximate surface area is 137 Å². The summed E-state index contributed by atoms with van der Waals surface area (Å²) in [4.78, 5) is 25.2. The van der Waals surface area contributed by atoms with Crippen LogP contribution in [0.2, 0.25) is 0 Å². The maximum atomic E-state index is 12.7. The van der Waals surface area contributed by atoms with Crippen molar-refractivity contribution in [1.82, 2.24) is 9.88 Å². The molecule has 0 radical (unpaired) electrons. The van der Waals surface area contributed by atoms with Crippen molar-refractivity contribution in [3.05, 3.63) is 27.7 Å². The molecule has 1 N–H and O–H groups in total. The molecule has 0 aromatic carbocycles. The summed E-state index contributed by atoms with van der Waals surface area (Å²) in [5.74, 6) is 0.919. The van der Waals surface area contributed by atoms with Gasteiger partial charge >= 0.3 is 0 Å². The van der Waals surface area contributed by atoms with Gasteiger partial charge in [-0.3, -0.25) is 9.59 Å². The lowest BCUT2D eigenvalue weighted by atomic mass is 10.1. The number of fused-ring (bicyclic) bond motifs is 1. The third kappa shape index (κ3) is 3.77. The molecule has 0 unspecified atom stereocenters. The molecule has 1 aliphatic carbocycles. The topological polar surface area (TPSA) is 60.3 Å². The first-order valence-corrected chi connectivity index (χ1v) is 8.76. The van der Waals surface area contributed by atoms with Crippen molar-refractivity contribution in [1.29, 1.82) is 0 Å². The number of pyridine rings is 1. The van der Waals surface area contributed by atoms with Crippen LogP contribution in [0.15, 0.2) is 10.9 Å². The van der Waals surface area contributed by atoms with Crippen LogP contribution < -0.4 is 15.6 Å². The SMILES string of the molecule is CC(C)NC(=O)c1c(OCC2CC2)cc(=O)n2c1CCCCC2. The molecule has 1 amide bonds. The van der Waals surface area contributed by atoms with E-state index in [-0.39, 0.29) is 17.5 Å². The molecule has 3 rings (SSSR count). The van der Waals surface area contributed by atoms with Gasteiger partial charge in [0.05, 0.1) is 6.61 Å². The van der Waals surface area contributed by atoms with Gasteiger partial charge in [0.2, 0.25) is 0 Å². The number of rotatable bonds is 5. The smallest absolute Gasteiger partial charge is 0.257 e. The first kappa shape index (κ1) is 16.1. The number of hydrogen-bond acceptors (Lipinski definition) is 3. The van der Waals surface area contributed by atoms with Gasteiger partial charge in [-0.05, 0) is 51.9 Å². The number of amides is 1. The molecular weight excluding hydrogens is 292 g/mol. The summed E-state index contributed by atoms with van der Waals surface area (Å²) in [5.41, 5.74) is 1.37. The first-order valence-electron chi connectivity index (χ1n) is 8.76. The highest BCUT2D eigenvalue weighted by molar-refractivity contribution is 5.98. The van der Waals surface area contributed by atoms with E-state index < -0.39 is 0 Å². The van der Waals surface area contributed by atoms with Gasteiger partial charge in [0.1, 0.15) is 11.3 Å². The van der Waals surface area contributed by atoms with Crippen molar-refractivity contribution in [3.63, 3.8) is 0 Å². The number of nitrogens with one attached hydrogen (secondary N) is 1. The fourth-order valence-electron chi connectivity index (χ4n) is 3.10. The Kier molecular flexibility index (Phi) is 4.74. The van der Waals surface area contributed by atoms with Crippen LogP contribution in [-0.2, 0) is 13.0 Å². The van der Waals surface area contributed by atoms with Crippen LogP contribution in [0.25, 0.3) is 0 Å². The Morgan fingerprint density at radius 2 is 2.13 bits per heavy atom. The van der Waals surface area contributed by atoms with Crippen LogP contribution in [0, 0.1) is 5.92 Å². The van der Waals surface area contributed by atoms with Crippen LogP contribution in [0.4, 0.5) is 0 Å². The van der Waals surface area contributed by atoms with Gasteiger partial charge in [-0.1, -0.05) is 6.42 Å². The van der Waals surface area contributed by atoms with Crippen LogP contribution in [0.1, 0.15) is 62.0 Å². The predicted molar refractivity (Wildman–Crippen MR) is 89.1 cm³/mol. The maximum absolute atomic E-state index is 12.7. The molecule has 0 spiro atoms. The Bertz CT molecular complexity index is 644. The highest BCUT2D eigenvalue weighted by Crippen LogP contribution is 2.31. The van der Waals surface area contributed by atoms with Gasteiger partial charge in [-0.25, -0.2) is 0 Å². The van der Waals surface area contributed by atoms with E-state index in [1.54, 1.807) is 4.57 Å². The maximum Gasteiger partial charge on any atom is 0.257 e. The molecule has 23 heavy (non-hydrogen) atoms. The molecule has 1 fully saturated rings. The van der Waals surface area contributed by atoms with Crippen molar-refractivity contribution in [3.8, 4) is 5.75 Å². The van der Waals surface area contributed by atoms with E-state index in [9.17, 15) is 9.59 Å². The minimum Gasteiger partial charge on any atom is -0.492 e. The van der Waals surface area contributed by atoms with E-state index in [1.807, 2.05) is 13.8 Å². The predicted octanol–water partition coefficient (Wildman–Crippen LogP) is 2.50. The van der Waals surface area contributed by atoms with Gasteiger partial charge in [0, 0.05) is 24.3 Å². The molecule has 5 heteroatoms. The molecule has 1 aromatic heterocycles. The number of aromatic nitrogens is 1. The Morgan fingerprint density at radius 1 is 1.35 bits per heavy atom. The van der Waals surface area contributed by atoms with Crippen molar-refractivity contribution < 1.29 is 9.53 Å². The fraction of sp³-hybridized carbons (Fsp3) is 0.667. The van der Waals surface area contributed by atoms with E-state index in [2.05, 4.69) is 5.32 Å². The van der Waals surface area contributed by atoms with Crippen molar-refractivity contribution in [2.24, 2.45) is 5.92 Å². The molecule has 0 saturated heterocycles. The van der Waals surface area contributed by atoms with E-state index in [0.29, 0.717) is 30.4 Å². The molecule has 1 aromatic rings. The number of ether oxygens (including phenoxy) is 1. The van der Waals surface area contributed by atoms with E-state index in [0.717, 1.165) is 31.4 Å². The van der Waals surface area contributed by atoms with E-state index in [4.69, 9.17) is 4.74 Å². The largest absolute Gasteiger partial charge is 0.492 e. The third-order valence-electron chi connectivity index (χ3n) is 4.49. The monoisotopic (exact) mass is 318 g/mol. The molecular formula is C18H26N2O3. The zero-order valence-corrected chi connectivity index (χ0v) is 14.1. The van der Waals surface area contributed by atoms with Crippen LogP contribution in [0.3, 0.4) is 0 Å². The zero-order chi connectivity index (χ0) is 16.4. The van der Waals surface area contributed by atoms with Gasteiger partial charge in [-0.2, -0.15) is 0 Å². The molecule has 0 atom stereocenters. The summed E-state index contributed by atoms with van der Waals surface area (Å²) in [5, 5.41) is 2.96. The summed E-state index contributed by atoms with van der Waals surface area (Å²) in [6.45, 7) is 5.18. The molecule has 1 aliphatic heterocycles. The number of hydrogen-bond donors (Lipinski definition) is 1. The number of nitrogens with zero attached hydrogens (tertiary/aromatic N) is 1. The van der Waals surface area contributed by atoms with Gasteiger partial charge in [0.25, 0.3) is 11.5 Å². The minimum atomic E-state index is -0.128. The molecule has 5 nitrogen and oxygen atoms in total. The zero-order valence-electron chi connectivity index (χ0n) is 14.1. The number of carbonyl (C=O) groups excluding carboxylic acids is 1. The average molecular weight is 318 g/mol. The molecule has 2 aliphatic rings. The molecule has 1 saturated carbocycles. The van der Waals surface area contributed by atoms with Crippen molar-refractivity contribution in [2.45, 2.75) is 65.0 Å². The van der Waals surface area contributed by atoms with Gasteiger partial charge < -0.3 is 14.6 Å². The van der Waals surface area contributed by atoms with E-state index >= 15 is 0 Å². The summed E-state index contributed by atoms with van der Waals surface area (Å²) < 4.78 is 7.65. The molecule has 0 bridgehead atoms. The van der Waals surface area contributed by atoms with Crippen molar-refractivity contribution >= 4 is 5.91 Å². The number of carbonyl (C=O) groups is 1. The normalized spacial score (nSPS) is 17.5. The van der Waals surface area contributed by atoms with Crippen LogP contribution in [0.5, 0.6) is 5.75 Å². The van der Waals surface area contributed by atoms with Crippen LogP contribution >= 0.6 is 0 Å². The summed E-state index contributed by atoms with van der Waals surface area (Å²) in [6, 6.07) is 1.56. The Morgan fingerprint density at radius 3 is 2.83 bits per heavy atom. The van der Waals surface area contributed by atoms with Crippen LogP contribution in [-0.4, -0.2) is 23.1 Å². The highest BCUT2D eigenvalue weighted by Gasteiger charge is 2.27. The second-order valence-corrected chi connectivity index (χ2v) is 7.01. The first-order chi connectivity index (χ1) is 11.1. The minimum absolute atomic E-state index is 0.0474. The lowest BCUT2D eigenvalue weighted by molar-refractivity contribution is 0.0936. The standard InChI is InChI=1S/C18H26N2O3/c1-12(2)19-18(22)17-14-6-4-3-5-9-20(14)16(21)10-15(17)23-11-13-7-8-13/h10,12-13H,3-9,11H2,1-2H3,(H,19,22). The lowest BCUT2D eigenvalue weighted by Crippen LogP contribution is -2.34. The fourth-order valence-corrected chi connectivity index (χ4v) is 3.10. The average Bonchev–Trinajstić information content (AvgIpc) is 3.31. The third-order valence-corrected chi connectivity index (χ3v) is 4.49. The summed E-state index contributed by atoms with van der Waals surface area (Å²) in [6.07, 6.45) is 6.20. The second kappa shape index (κ2) is 6.77. The lowest BCUT2D eigenvalue weighted by Gasteiger charge is -2.19. The molecule has 126 valence electrons. The summed E-state index contributed by atoms with van der Waals surface area (Å²) in [7, 11) is 0. The Hall–Kier alpha value is -1.78. The molecule has 2 heterocycles.